The Labute approximate surface area is 128 Å². The zero-order valence-electron chi connectivity index (χ0n) is 7.43. The van der Waals surface area contributed by atoms with E-state index in [0.29, 0.717) is 0 Å². The summed E-state index contributed by atoms with van der Waals surface area (Å²) in [7, 11) is 0. The van der Waals surface area contributed by atoms with Gasteiger partial charge in [0.15, 0.2) is 0 Å². The van der Waals surface area contributed by atoms with Crippen LogP contribution in [0, 0.1) is 10.7 Å². The van der Waals surface area contributed by atoms with E-state index in [1.165, 1.54) is 12.5 Å². The predicted octanol–water partition coefficient (Wildman–Crippen LogP) is 4.47. The van der Waals surface area contributed by atoms with Crippen molar-refractivity contribution in [3.63, 3.8) is 0 Å². The molecule has 0 bridgehead atoms. The number of carbonyl (C=O) groups is 1. The molecule has 0 aliphatic heterocycles. The molecule has 0 spiro atoms. The Morgan fingerprint density at radius 1 is 0.867 bits per heavy atom. The van der Waals surface area contributed by atoms with E-state index in [0.717, 1.165) is 20.8 Å². The molecule has 0 saturated carbocycles. The molecule has 0 aromatic heterocycles. The summed E-state index contributed by atoms with van der Waals surface area (Å²) in [5, 5.41) is 2.38. The normalized spacial score (nSPS) is 10.6. The summed E-state index contributed by atoms with van der Waals surface area (Å²) in [6.45, 7) is 0. The van der Waals surface area contributed by atoms with Gasteiger partial charge in [-0.15, -0.1) is 0 Å². The number of carbonyl (C=O) groups excluding carboxylic acids is 1. The first-order chi connectivity index (χ1) is 7.11. The highest BCUT2D eigenvalue weighted by atomic mass is 127. The van der Waals surface area contributed by atoms with Crippen LogP contribution < -0.4 is 0 Å². The molecule has 15 heavy (non-hydrogen) atoms. The molecular formula is C11H5I3O. The fourth-order valence-corrected chi connectivity index (χ4v) is 4.24. The molecule has 0 aliphatic carbocycles. The Balaban J connectivity index is 2.91. The Kier molecular flexibility index (Phi) is 3.87. The zero-order valence-corrected chi connectivity index (χ0v) is 13.9. The Morgan fingerprint density at radius 2 is 1.47 bits per heavy atom. The van der Waals surface area contributed by atoms with E-state index in [2.05, 4.69) is 79.9 Å². The van der Waals surface area contributed by atoms with Gasteiger partial charge in [0.25, 0.3) is 0 Å². The van der Waals surface area contributed by atoms with Crippen LogP contribution in [0.3, 0.4) is 0 Å². The lowest BCUT2D eigenvalue weighted by Crippen LogP contribution is -1.88. The minimum Gasteiger partial charge on any atom is -0.298 e. The first-order valence-electron chi connectivity index (χ1n) is 4.15. The monoisotopic (exact) mass is 534 g/mol. The zero-order chi connectivity index (χ0) is 11.0. The standard InChI is InChI=1S/C11H5I3O/c12-7-3-9-8(11(14)4-7)1-6(5-15)2-10(9)13/h1-5H. The van der Waals surface area contributed by atoms with Gasteiger partial charge in [-0.2, -0.15) is 0 Å². The summed E-state index contributed by atoms with van der Waals surface area (Å²) in [5.41, 5.74) is 0.742. The van der Waals surface area contributed by atoms with E-state index in [9.17, 15) is 4.79 Å². The second kappa shape index (κ2) is 4.82. The third-order valence-corrected chi connectivity index (χ3v) is 4.50. The molecule has 1 nitrogen and oxygen atoms in total. The number of rotatable bonds is 1. The minimum atomic E-state index is 0.742. The lowest BCUT2D eigenvalue weighted by Gasteiger charge is -2.05. The molecule has 0 unspecified atom stereocenters. The van der Waals surface area contributed by atoms with Crippen molar-refractivity contribution in [1.29, 1.82) is 0 Å². The summed E-state index contributed by atoms with van der Waals surface area (Å²) in [6, 6.07) is 8.13. The molecule has 4 heteroatoms. The third kappa shape index (κ3) is 2.46. The quantitative estimate of drug-likeness (QED) is 0.391. The third-order valence-electron chi connectivity index (χ3n) is 2.09. The Hall–Kier alpha value is 0.560. The number of fused-ring (bicyclic) bond motifs is 1. The number of benzene rings is 2. The van der Waals surface area contributed by atoms with Crippen molar-refractivity contribution < 1.29 is 4.79 Å². The smallest absolute Gasteiger partial charge is 0.150 e. The number of aldehydes is 1. The van der Waals surface area contributed by atoms with E-state index >= 15 is 0 Å². The molecule has 76 valence electrons. The molecule has 0 fully saturated rings. The van der Waals surface area contributed by atoms with Gasteiger partial charge in [-0.25, -0.2) is 0 Å². The molecule has 2 aromatic carbocycles. The van der Waals surface area contributed by atoms with E-state index < -0.39 is 0 Å². The number of halogens is 3. The van der Waals surface area contributed by atoms with Gasteiger partial charge < -0.3 is 0 Å². The largest absolute Gasteiger partial charge is 0.298 e. The Morgan fingerprint density at radius 3 is 2.13 bits per heavy atom. The van der Waals surface area contributed by atoms with Gasteiger partial charge in [-0.1, -0.05) is 0 Å². The lowest BCUT2D eigenvalue weighted by atomic mass is 10.1. The van der Waals surface area contributed by atoms with Gasteiger partial charge in [0.05, 0.1) is 0 Å². The molecule has 0 N–H and O–H groups in total. The first-order valence-corrected chi connectivity index (χ1v) is 7.39. The maximum absolute atomic E-state index is 10.8. The van der Waals surface area contributed by atoms with E-state index in [-0.39, 0.29) is 0 Å². The summed E-state index contributed by atoms with van der Waals surface area (Å²) >= 11 is 6.89. The van der Waals surface area contributed by atoms with Gasteiger partial charge in [-0.3, -0.25) is 4.79 Å². The van der Waals surface area contributed by atoms with Crippen molar-refractivity contribution in [1.82, 2.24) is 0 Å². The maximum atomic E-state index is 10.8. The van der Waals surface area contributed by atoms with Crippen molar-refractivity contribution in [3.8, 4) is 0 Å². The highest BCUT2D eigenvalue weighted by Crippen LogP contribution is 2.28. The molecule has 2 aromatic rings. The molecule has 2 rings (SSSR count). The minimum absolute atomic E-state index is 0.742. The molecule has 0 saturated heterocycles. The topological polar surface area (TPSA) is 17.1 Å². The van der Waals surface area contributed by atoms with Crippen LogP contribution in [0.25, 0.3) is 10.8 Å². The van der Waals surface area contributed by atoms with Crippen LogP contribution in [0.5, 0.6) is 0 Å². The second-order valence-corrected chi connectivity index (χ2v) is 6.67. The lowest BCUT2D eigenvalue weighted by molar-refractivity contribution is 0.112. The predicted molar refractivity (Wildman–Crippen MR) is 87.5 cm³/mol. The molecule has 0 aliphatic rings. The van der Waals surface area contributed by atoms with Crippen LogP contribution in [-0.4, -0.2) is 6.29 Å². The van der Waals surface area contributed by atoms with Crippen LogP contribution in [-0.2, 0) is 0 Å². The average Bonchev–Trinajstić information content (AvgIpc) is 2.19. The van der Waals surface area contributed by atoms with E-state index in [4.69, 9.17) is 0 Å². The van der Waals surface area contributed by atoms with Crippen LogP contribution in [0.15, 0.2) is 24.3 Å². The van der Waals surface area contributed by atoms with Crippen molar-refractivity contribution in [2.24, 2.45) is 0 Å². The molecular weight excluding hydrogens is 529 g/mol. The average molecular weight is 534 g/mol. The summed E-state index contributed by atoms with van der Waals surface area (Å²) in [6.07, 6.45) is 0.898. The summed E-state index contributed by atoms with van der Waals surface area (Å²) < 4.78 is 3.54. The van der Waals surface area contributed by atoms with Gasteiger partial charge in [0.1, 0.15) is 6.29 Å². The number of hydrogen-bond acceptors (Lipinski definition) is 1. The van der Waals surface area contributed by atoms with Crippen LogP contribution >= 0.6 is 67.8 Å². The van der Waals surface area contributed by atoms with Gasteiger partial charge >= 0.3 is 0 Å². The van der Waals surface area contributed by atoms with E-state index in [1.807, 2.05) is 12.1 Å². The first kappa shape index (κ1) is 12.0. The highest BCUT2D eigenvalue weighted by Gasteiger charge is 2.06. The number of hydrogen-bond donors (Lipinski definition) is 0. The van der Waals surface area contributed by atoms with Gasteiger partial charge in [0.2, 0.25) is 0 Å². The molecule has 0 radical (unpaired) electrons. The van der Waals surface area contributed by atoms with Crippen LogP contribution in [0.2, 0.25) is 0 Å². The fraction of sp³-hybridized carbons (Fsp3) is 0. The van der Waals surface area contributed by atoms with Gasteiger partial charge in [0, 0.05) is 16.3 Å². The maximum Gasteiger partial charge on any atom is 0.150 e. The molecule has 0 heterocycles. The molecule has 0 atom stereocenters. The Bertz CT molecular complexity index is 549. The van der Waals surface area contributed by atoms with Crippen LogP contribution in [0.1, 0.15) is 10.4 Å². The second-order valence-electron chi connectivity index (χ2n) is 3.10. The van der Waals surface area contributed by atoms with Crippen molar-refractivity contribution in [2.45, 2.75) is 0 Å². The summed E-state index contributed by atoms with van der Waals surface area (Å²) in [4.78, 5) is 10.8. The SMILES string of the molecule is O=Cc1cc(I)c2cc(I)cc(I)c2c1. The van der Waals surface area contributed by atoms with Crippen molar-refractivity contribution >= 4 is 84.8 Å². The van der Waals surface area contributed by atoms with Crippen molar-refractivity contribution in [2.75, 3.05) is 0 Å². The fourth-order valence-electron chi connectivity index (χ4n) is 1.43. The highest BCUT2D eigenvalue weighted by molar-refractivity contribution is 14.1. The molecule has 0 amide bonds. The van der Waals surface area contributed by atoms with Gasteiger partial charge in [-0.05, 0) is 103 Å². The van der Waals surface area contributed by atoms with E-state index in [1.54, 1.807) is 0 Å². The van der Waals surface area contributed by atoms with Crippen LogP contribution in [0.4, 0.5) is 0 Å². The summed E-state index contributed by atoms with van der Waals surface area (Å²) in [5.74, 6) is 0. The van der Waals surface area contributed by atoms with Crippen molar-refractivity contribution in [3.05, 3.63) is 40.5 Å².